The Morgan fingerprint density at radius 3 is 2.63 bits per heavy atom. The summed E-state index contributed by atoms with van der Waals surface area (Å²) in [6.07, 6.45) is 0. The molecule has 0 spiro atoms. The summed E-state index contributed by atoms with van der Waals surface area (Å²) in [5.74, 6) is -0.169. The molecule has 0 bridgehead atoms. The number of anilines is 1. The zero-order chi connectivity index (χ0) is 14.2. The van der Waals surface area contributed by atoms with Gasteiger partial charge in [0, 0.05) is 37.4 Å². The molecule has 1 heterocycles. The highest BCUT2D eigenvalue weighted by molar-refractivity contribution is 5.58. The predicted octanol–water partition coefficient (Wildman–Crippen LogP) is 2.29. The van der Waals surface area contributed by atoms with Crippen LogP contribution in [0.2, 0.25) is 0 Å². The first-order valence-electron chi connectivity index (χ1n) is 6.91. The summed E-state index contributed by atoms with van der Waals surface area (Å²) in [6, 6.07) is 3.80. The molecule has 1 saturated heterocycles. The SMILES string of the molecule is Cc1cc(N2CCN(C)CC2C)c([C@@H](C)N)cc1F. The van der Waals surface area contributed by atoms with E-state index in [1.165, 1.54) is 0 Å². The molecule has 0 radical (unpaired) electrons. The first kappa shape index (κ1) is 14.3. The van der Waals surface area contributed by atoms with Crippen LogP contribution in [0, 0.1) is 12.7 Å². The number of likely N-dealkylation sites (N-methyl/N-ethyl adjacent to an activating group) is 1. The monoisotopic (exact) mass is 265 g/mol. The molecule has 1 aliphatic heterocycles. The molecule has 2 atom stereocenters. The average molecular weight is 265 g/mol. The Hall–Kier alpha value is -1.13. The molecule has 0 amide bonds. The fourth-order valence-corrected chi connectivity index (χ4v) is 2.79. The Balaban J connectivity index is 2.40. The van der Waals surface area contributed by atoms with Crippen molar-refractivity contribution in [2.75, 3.05) is 31.6 Å². The Morgan fingerprint density at radius 2 is 2.05 bits per heavy atom. The van der Waals surface area contributed by atoms with Crippen molar-refractivity contribution in [3.63, 3.8) is 0 Å². The number of nitrogens with two attached hydrogens (primary N) is 1. The van der Waals surface area contributed by atoms with E-state index in [2.05, 4.69) is 23.8 Å². The van der Waals surface area contributed by atoms with E-state index in [4.69, 9.17) is 5.73 Å². The highest BCUT2D eigenvalue weighted by Gasteiger charge is 2.25. The molecule has 1 aromatic carbocycles. The van der Waals surface area contributed by atoms with Crippen molar-refractivity contribution >= 4 is 5.69 Å². The van der Waals surface area contributed by atoms with E-state index in [9.17, 15) is 4.39 Å². The van der Waals surface area contributed by atoms with Gasteiger partial charge in [-0.1, -0.05) is 0 Å². The molecule has 106 valence electrons. The van der Waals surface area contributed by atoms with Gasteiger partial charge in [-0.3, -0.25) is 0 Å². The number of nitrogens with zero attached hydrogens (tertiary/aromatic N) is 2. The molecule has 3 nitrogen and oxygen atoms in total. The third kappa shape index (κ3) is 2.90. The number of benzene rings is 1. The van der Waals surface area contributed by atoms with Crippen LogP contribution in [-0.2, 0) is 0 Å². The quantitative estimate of drug-likeness (QED) is 0.890. The van der Waals surface area contributed by atoms with Gasteiger partial charge in [-0.25, -0.2) is 4.39 Å². The molecular formula is C15H24FN3. The molecule has 2 N–H and O–H groups in total. The van der Waals surface area contributed by atoms with E-state index < -0.39 is 0 Å². The van der Waals surface area contributed by atoms with Crippen LogP contribution in [-0.4, -0.2) is 37.6 Å². The van der Waals surface area contributed by atoms with E-state index >= 15 is 0 Å². The summed E-state index contributed by atoms with van der Waals surface area (Å²) in [5.41, 5.74) is 8.69. The second-order valence-corrected chi connectivity index (χ2v) is 5.75. The van der Waals surface area contributed by atoms with E-state index in [-0.39, 0.29) is 11.9 Å². The van der Waals surface area contributed by atoms with Crippen molar-refractivity contribution in [2.45, 2.75) is 32.9 Å². The van der Waals surface area contributed by atoms with Crippen LogP contribution in [0.4, 0.5) is 10.1 Å². The summed E-state index contributed by atoms with van der Waals surface area (Å²) >= 11 is 0. The summed E-state index contributed by atoms with van der Waals surface area (Å²) in [5, 5.41) is 0. The molecule has 1 aliphatic rings. The molecule has 4 heteroatoms. The Bertz CT molecular complexity index is 459. The van der Waals surface area contributed by atoms with Crippen LogP contribution in [0.15, 0.2) is 12.1 Å². The lowest BCUT2D eigenvalue weighted by Crippen LogP contribution is -2.51. The molecule has 19 heavy (non-hydrogen) atoms. The minimum Gasteiger partial charge on any atom is -0.366 e. The fraction of sp³-hybridized carbons (Fsp3) is 0.600. The molecule has 1 aromatic rings. The van der Waals surface area contributed by atoms with Gasteiger partial charge in [-0.2, -0.15) is 0 Å². The minimum atomic E-state index is -0.169. The molecule has 0 saturated carbocycles. The van der Waals surface area contributed by atoms with Crippen molar-refractivity contribution in [2.24, 2.45) is 5.73 Å². The Morgan fingerprint density at radius 1 is 1.37 bits per heavy atom. The number of piperazine rings is 1. The fourth-order valence-electron chi connectivity index (χ4n) is 2.79. The highest BCUT2D eigenvalue weighted by Crippen LogP contribution is 2.30. The van der Waals surface area contributed by atoms with Crippen LogP contribution in [0.1, 0.15) is 31.0 Å². The molecule has 1 fully saturated rings. The summed E-state index contributed by atoms with van der Waals surface area (Å²) in [7, 11) is 2.14. The lowest BCUT2D eigenvalue weighted by atomic mass is 10.0. The largest absolute Gasteiger partial charge is 0.366 e. The minimum absolute atomic E-state index is 0.156. The van der Waals surface area contributed by atoms with Crippen molar-refractivity contribution in [1.29, 1.82) is 0 Å². The maximum Gasteiger partial charge on any atom is 0.126 e. The van der Waals surface area contributed by atoms with E-state index in [1.807, 2.05) is 19.9 Å². The first-order valence-corrected chi connectivity index (χ1v) is 6.91. The molecule has 0 aromatic heterocycles. The van der Waals surface area contributed by atoms with Gasteiger partial charge in [0.2, 0.25) is 0 Å². The highest BCUT2D eigenvalue weighted by atomic mass is 19.1. The number of hydrogen-bond donors (Lipinski definition) is 1. The van der Waals surface area contributed by atoms with Gasteiger partial charge in [-0.05, 0) is 51.1 Å². The van der Waals surface area contributed by atoms with Gasteiger partial charge in [-0.15, -0.1) is 0 Å². The third-order valence-electron chi connectivity index (χ3n) is 3.94. The summed E-state index contributed by atoms with van der Waals surface area (Å²) in [4.78, 5) is 4.67. The maximum atomic E-state index is 13.8. The second kappa shape index (κ2) is 5.47. The Labute approximate surface area is 115 Å². The maximum absolute atomic E-state index is 13.8. The van der Waals surface area contributed by atoms with Crippen LogP contribution in [0.25, 0.3) is 0 Å². The third-order valence-corrected chi connectivity index (χ3v) is 3.94. The number of hydrogen-bond acceptors (Lipinski definition) is 3. The molecule has 1 unspecified atom stereocenters. The van der Waals surface area contributed by atoms with Crippen LogP contribution >= 0.6 is 0 Å². The Kier molecular flexibility index (Phi) is 4.11. The molecule has 0 aliphatic carbocycles. The van der Waals surface area contributed by atoms with Gasteiger partial charge < -0.3 is 15.5 Å². The number of aryl methyl sites for hydroxylation is 1. The average Bonchev–Trinajstić information content (AvgIpc) is 2.32. The number of halogens is 1. The van der Waals surface area contributed by atoms with Crippen LogP contribution < -0.4 is 10.6 Å². The van der Waals surface area contributed by atoms with Gasteiger partial charge in [0.25, 0.3) is 0 Å². The van der Waals surface area contributed by atoms with E-state index in [0.717, 1.165) is 30.9 Å². The molecule has 2 rings (SSSR count). The van der Waals surface area contributed by atoms with Crippen molar-refractivity contribution < 1.29 is 4.39 Å². The van der Waals surface area contributed by atoms with Crippen LogP contribution in [0.3, 0.4) is 0 Å². The van der Waals surface area contributed by atoms with Gasteiger partial charge >= 0.3 is 0 Å². The predicted molar refractivity (Wildman–Crippen MR) is 78.0 cm³/mol. The van der Waals surface area contributed by atoms with Crippen molar-refractivity contribution in [1.82, 2.24) is 4.90 Å². The van der Waals surface area contributed by atoms with Crippen molar-refractivity contribution in [3.05, 3.63) is 29.1 Å². The lowest BCUT2D eigenvalue weighted by molar-refractivity contribution is 0.275. The first-order chi connectivity index (χ1) is 8.90. The topological polar surface area (TPSA) is 32.5 Å². The lowest BCUT2D eigenvalue weighted by Gasteiger charge is -2.41. The summed E-state index contributed by atoms with van der Waals surface area (Å²) in [6.45, 7) is 8.94. The van der Waals surface area contributed by atoms with E-state index in [0.29, 0.717) is 11.6 Å². The zero-order valence-electron chi connectivity index (χ0n) is 12.3. The van der Waals surface area contributed by atoms with E-state index in [1.54, 1.807) is 6.07 Å². The molecular weight excluding hydrogens is 241 g/mol. The normalized spacial score (nSPS) is 22.6. The van der Waals surface area contributed by atoms with Crippen LogP contribution in [0.5, 0.6) is 0 Å². The van der Waals surface area contributed by atoms with Gasteiger partial charge in [0.05, 0.1) is 0 Å². The summed E-state index contributed by atoms with van der Waals surface area (Å²) < 4.78 is 13.8. The smallest absolute Gasteiger partial charge is 0.126 e. The second-order valence-electron chi connectivity index (χ2n) is 5.75. The van der Waals surface area contributed by atoms with Crippen molar-refractivity contribution in [3.8, 4) is 0 Å². The number of rotatable bonds is 2. The van der Waals surface area contributed by atoms with Gasteiger partial charge in [0.1, 0.15) is 5.82 Å². The van der Waals surface area contributed by atoms with Gasteiger partial charge in [0.15, 0.2) is 0 Å². The zero-order valence-corrected chi connectivity index (χ0v) is 12.3. The standard InChI is InChI=1S/C15H24FN3/c1-10-7-15(13(12(3)17)8-14(10)16)19-6-5-18(4)9-11(19)2/h7-8,11-12H,5-6,9,17H2,1-4H3/t11?,12-/m1/s1.